The summed E-state index contributed by atoms with van der Waals surface area (Å²) in [6.07, 6.45) is 3.84. The van der Waals surface area contributed by atoms with Crippen LogP contribution in [0.5, 0.6) is 0 Å². The van der Waals surface area contributed by atoms with Crippen LogP contribution < -0.4 is 5.32 Å². The molecule has 0 amide bonds. The predicted molar refractivity (Wildman–Crippen MR) is 75.6 cm³/mol. The Bertz CT molecular complexity index is 346. The van der Waals surface area contributed by atoms with Crippen molar-refractivity contribution < 1.29 is 4.39 Å². The van der Waals surface area contributed by atoms with Crippen LogP contribution in [0.3, 0.4) is 0 Å². The van der Waals surface area contributed by atoms with Gasteiger partial charge in [0.2, 0.25) is 0 Å². The summed E-state index contributed by atoms with van der Waals surface area (Å²) in [5, 5.41) is 4.03. The fourth-order valence-electron chi connectivity index (χ4n) is 1.70. The molecule has 0 aromatic heterocycles. The Balaban J connectivity index is 2.67. The summed E-state index contributed by atoms with van der Waals surface area (Å²) < 4.78 is 13.6. The molecule has 0 saturated heterocycles. The largest absolute Gasteiger partial charge is 0.313 e. The monoisotopic (exact) mass is 275 g/mol. The lowest BCUT2D eigenvalue weighted by Crippen LogP contribution is -2.34. The molecule has 1 nitrogen and oxygen atoms in total. The van der Waals surface area contributed by atoms with E-state index in [0.717, 1.165) is 18.7 Å². The van der Waals surface area contributed by atoms with E-state index in [1.807, 2.05) is 0 Å². The lowest BCUT2D eigenvalue weighted by Gasteiger charge is -2.18. The Labute approximate surface area is 112 Å². The quantitative estimate of drug-likeness (QED) is 0.813. The summed E-state index contributed by atoms with van der Waals surface area (Å²) in [5.41, 5.74) is 0.695. The van der Waals surface area contributed by atoms with Crippen LogP contribution in [0.15, 0.2) is 18.2 Å². The van der Waals surface area contributed by atoms with Gasteiger partial charge in [0.05, 0.1) is 0 Å². The van der Waals surface area contributed by atoms with Crippen molar-refractivity contribution in [2.75, 3.05) is 18.6 Å². The molecule has 0 aliphatic heterocycles. The van der Waals surface area contributed by atoms with Gasteiger partial charge in [-0.1, -0.05) is 18.5 Å². The summed E-state index contributed by atoms with van der Waals surface area (Å²) >= 11 is 7.66. The van der Waals surface area contributed by atoms with E-state index in [-0.39, 0.29) is 5.82 Å². The molecule has 0 radical (unpaired) electrons. The second kappa shape index (κ2) is 7.96. The molecule has 4 heteroatoms. The molecule has 0 saturated carbocycles. The molecule has 1 N–H and O–H groups in total. The molecule has 0 fully saturated rings. The standard InChI is InChI=1S/C13H19ClFNS/c1-3-6-16-12(9-17-2)8-10-7-11(14)4-5-13(10)15/h4-5,7,12,16H,3,6,8-9H2,1-2H3. The summed E-state index contributed by atoms with van der Waals surface area (Å²) in [5.74, 6) is 0.810. The Morgan fingerprint density at radius 2 is 2.24 bits per heavy atom. The topological polar surface area (TPSA) is 12.0 Å². The Morgan fingerprint density at radius 3 is 2.88 bits per heavy atom. The van der Waals surface area contributed by atoms with E-state index in [0.29, 0.717) is 23.0 Å². The minimum absolute atomic E-state index is 0.168. The maximum Gasteiger partial charge on any atom is 0.126 e. The van der Waals surface area contributed by atoms with E-state index in [9.17, 15) is 4.39 Å². The van der Waals surface area contributed by atoms with Gasteiger partial charge < -0.3 is 5.32 Å². The minimum Gasteiger partial charge on any atom is -0.313 e. The highest BCUT2D eigenvalue weighted by Gasteiger charge is 2.11. The van der Waals surface area contributed by atoms with Crippen molar-refractivity contribution in [1.29, 1.82) is 0 Å². The average molecular weight is 276 g/mol. The minimum atomic E-state index is -0.168. The maximum absolute atomic E-state index is 13.6. The lowest BCUT2D eigenvalue weighted by atomic mass is 10.1. The van der Waals surface area contributed by atoms with E-state index >= 15 is 0 Å². The summed E-state index contributed by atoms with van der Waals surface area (Å²) in [4.78, 5) is 0. The molecule has 0 aliphatic rings. The van der Waals surface area contributed by atoms with E-state index in [1.165, 1.54) is 6.07 Å². The first kappa shape index (κ1) is 14.8. The van der Waals surface area contributed by atoms with Crippen LogP contribution in [0, 0.1) is 5.82 Å². The van der Waals surface area contributed by atoms with Crippen LogP contribution in [0.25, 0.3) is 0 Å². The van der Waals surface area contributed by atoms with Crippen molar-refractivity contribution in [3.8, 4) is 0 Å². The van der Waals surface area contributed by atoms with Gasteiger partial charge in [-0.05, 0) is 49.4 Å². The van der Waals surface area contributed by atoms with Crippen molar-refractivity contribution >= 4 is 23.4 Å². The van der Waals surface area contributed by atoms with E-state index in [1.54, 1.807) is 23.9 Å². The van der Waals surface area contributed by atoms with Crippen LogP contribution in [-0.4, -0.2) is 24.6 Å². The second-order valence-corrected chi connectivity index (χ2v) is 5.39. The Hall–Kier alpha value is -0.250. The fraction of sp³-hybridized carbons (Fsp3) is 0.538. The number of hydrogen-bond acceptors (Lipinski definition) is 2. The number of benzene rings is 1. The fourth-order valence-corrected chi connectivity index (χ4v) is 2.54. The molecule has 1 rings (SSSR count). The van der Waals surface area contributed by atoms with E-state index in [2.05, 4.69) is 18.5 Å². The van der Waals surface area contributed by atoms with Crippen LogP contribution >= 0.6 is 23.4 Å². The van der Waals surface area contributed by atoms with E-state index < -0.39 is 0 Å². The van der Waals surface area contributed by atoms with Gasteiger partial charge >= 0.3 is 0 Å². The first-order chi connectivity index (χ1) is 8.17. The van der Waals surface area contributed by atoms with Gasteiger partial charge in [-0.3, -0.25) is 0 Å². The molecule has 1 aromatic rings. The molecule has 0 aliphatic carbocycles. The van der Waals surface area contributed by atoms with Gasteiger partial charge in [0.1, 0.15) is 5.82 Å². The smallest absolute Gasteiger partial charge is 0.126 e. The van der Waals surface area contributed by atoms with Gasteiger partial charge in [0.15, 0.2) is 0 Å². The molecule has 0 bridgehead atoms. The number of nitrogens with one attached hydrogen (secondary N) is 1. The summed E-state index contributed by atoms with van der Waals surface area (Å²) in [6.45, 7) is 3.09. The molecule has 0 heterocycles. The SMILES string of the molecule is CCCNC(CSC)Cc1cc(Cl)ccc1F. The first-order valence-corrected chi connectivity index (χ1v) is 7.60. The van der Waals surface area contributed by atoms with Gasteiger partial charge in [0, 0.05) is 16.8 Å². The zero-order chi connectivity index (χ0) is 12.7. The average Bonchev–Trinajstić information content (AvgIpc) is 2.31. The number of rotatable bonds is 7. The highest BCUT2D eigenvalue weighted by Crippen LogP contribution is 2.17. The third-order valence-electron chi connectivity index (χ3n) is 2.52. The van der Waals surface area contributed by atoms with Crippen molar-refractivity contribution in [2.24, 2.45) is 0 Å². The molecule has 96 valence electrons. The van der Waals surface area contributed by atoms with Crippen molar-refractivity contribution in [3.63, 3.8) is 0 Å². The third-order valence-corrected chi connectivity index (χ3v) is 3.50. The molecule has 1 atom stereocenters. The van der Waals surface area contributed by atoms with Crippen LogP contribution in [0.2, 0.25) is 5.02 Å². The first-order valence-electron chi connectivity index (χ1n) is 5.83. The predicted octanol–water partition coefficient (Wildman–Crippen LogP) is 3.75. The lowest BCUT2D eigenvalue weighted by molar-refractivity contribution is 0.531. The number of halogens is 2. The van der Waals surface area contributed by atoms with Crippen LogP contribution in [0.4, 0.5) is 4.39 Å². The van der Waals surface area contributed by atoms with Crippen LogP contribution in [0.1, 0.15) is 18.9 Å². The van der Waals surface area contributed by atoms with E-state index in [4.69, 9.17) is 11.6 Å². The number of hydrogen-bond donors (Lipinski definition) is 1. The van der Waals surface area contributed by atoms with Crippen molar-refractivity contribution in [2.45, 2.75) is 25.8 Å². The van der Waals surface area contributed by atoms with Crippen molar-refractivity contribution in [3.05, 3.63) is 34.6 Å². The van der Waals surface area contributed by atoms with Gasteiger partial charge in [-0.15, -0.1) is 0 Å². The molecule has 1 aromatic carbocycles. The molecular weight excluding hydrogens is 257 g/mol. The maximum atomic E-state index is 13.6. The summed E-state index contributed by atoms with van der Waals surface area (Å²) in [7, 11) is 0. The molecule has 17 heavy (non-hydrogen) atoms. The third kappa shape index (κ3) is 5.28. The number of thioether (sulfide) groups is 1. The summed E-state index contributed by atoms with van der Waals surface area (Å²) in [6, 6.07) is 5.05. The highest BCUT2D eigenvalue weighted by molar-refractivity contribution is 7.98. The van der Waals surface area contributed by atoms with Gasteiger partial charge in [-0.2, -0.15) is 11.8 Å². The normalized spacial score (nSPS) is 12.7. The second-order valence-electron chi connectivity index (χ2n) is 4.05. The molecular formula is C13H19ClFNS. The van der Waals surface area contributed by atoms with Gasteiger partial charge in [-0.25, -0.2) is 4.39 Å². The Morgan fingerprint density at radius 1 is 1.47 bits per heavy atom. The van der Waals surface area contributed by atoms with Crippen molar-refractivity contribution in [1.82, 2.24) is 5.32 Å². The zero-order valence-corrected chi connectivity index (χ0v) is 11.9. The Kier molecular flexibility index (Phi) is 6.93. The zero-order valence-electron chi connectivity index (χ0n) is 10.3. The molecule has 0 spiro atoms. The highest BCUT2D eigenvalue weighted by atomic mass is 35.5. The van der Waals surface area contributed by atoms with Gasteiger partial charge in [0.25, 0.3) is 0 Å². The molecule has 1 unspecified atom stereocenters. The van der Waals surface area contributed by atoms with Crippen LogP contribution in [-0.2, 0) is 6.42 Å².